The van der Waals surface area contributed by atoms with E-state index in [-0.39, 0.29) is 5.97 Å². The smallest absolute Gasteiger partial charge is 0.336 e. The zero-order valence-electron chi connectivity index (χ0n) is 11.3. The van der Waals surface area contributed by atoms with Crippen LogP contribution in [-0.2, 0) is 20.8 Å². The summed E-state index contributed by atoms with van der Waals surface area (Å²) in [5, 5.41) is 0. The fourth-order valence-corrected chi connectivity index (χ4v) is 2.11. The molecule has 0 aromatic heterocycles. The molecule has 104 valence electrons. The van der Waals surface area contributed by atoms with Gasteiger partial charge in [-0.1, -0.05) is 12.1 Å². The first kappa shape index (κ1) is 13.8. The van der Waals surface area contributed by atoms with Crippen molar-refractivity contribution in [3.63, 3.8) is 0 Å². The maximum Gasteiger partial charge on any atom is 0.336 e. The lowest BCUT2D eigenvalue weighted by atomic mass is 10.2. The highest BCUT2D eigenvalue weighted by Gasteiger charge is 2.27. The Balaban J connectivity index is 1.92. The van der Waals surface area contributed by atoms with Gasteiger partial charge in [-0.2, -0.15) is 0 Å². The van der Waals surface area contributed by atoms with Crippen molar-refractivity contribution in [3.8, 4) is 5.75 Å². The van der Waals surface area contributed by atoms with E-state index in [4.69, 9.17) is 14.2 Å². The van der Waals surface area contributed by atoms with Gasteiger partial charge in [0.25, 0.3) is 0 Å². The fourth-order valence-electron chi connectivity index (χ4n) is 2.11. The van der Waals surface area contributed by atoms with E-state index in [0.29, 0.717) is 13.2 Å². The minimum Gasteiger partial charge on any atom is -0.497 e. The highest BCUT2D eigenvalue weighted by Crippen LogP contribution is 2.15. The largest absolute Gasteiger partial charge is 0.497 e. The van der Waals surface area contributed by atoms with Gasteiger partial charge in [-0.05, 0) is 17.7 Å². The van der Waals surface area contributed by atoms with Crippen LogP contribution in [0.2, 0.25) is 0 Å². The number of esters is 1. The van der Waals surface area contributed by atoms with E-state index in [9.17, 15) is 4.79 Å². The molecule has 5 nitrogen and oxygen atoms in total. The second-order valence-corrected chi connectivity index (χ2v) is 4.47. The molecule has 1 aromatic carbocycles. The van der Waals surface area contributed by atoms with Gasteiger partial charge in [0.15, 0.2) is 6.10 Å². The summed E-state index contributed by atoms with van der Waals surface area (Å²) in [5.74, 6) is 0.539. The maximum absolute atomic E-state index is 11.5. The van der Waals surface area contributed by atoms with Gasteiger partial charge in [-0.15, -0.1) is 0 Å². The van der Waals surface area contributed by atoms with E-state index in [1.54, 1.807) is 7.11 Å². The van der Waals surface area contributed by atoms with E-state index >= 15 is 0 Å². The summed E-state index contributed by atoms with van der Waals surface area (Å²) in [7, 11) is 3.03. The number of hydrogen-bond acceptors (Lipinski definition) is 5. The monoisotopic (exact) mass is 265 g/mol. The molecule has 1 heterocycles. The Labute approximate surface area is 113 Å². The number of nitrogens with zero attached hydrogens (tertiary/aromatic N) is 1. The van der Waals surface area contributed by atoms with Gasteiger partial charge >= 0.3 is 5.97 Å². The molecule has 0 aliphatic carbocycles. The molecule has 1 atom stereocenters. The van der Waals surface area contributed by atoms with Gasteiger partial charge in [-0.3, -0.25) is 4.90 Å². The molecule has 0 amide bonds. The molecule has 1 aromatic rings. The Bertz CT molecular complexity index is 418. The van der Waals surface area contributed by atoms with Gasteiger partial charge in [-0.25, -0.2) is 4.79 Å². The molecule has 2 rings (SSSR count). The average Bonchev–Trinajstić information content (AvgIpc) is 2.47. The van der Waals surface area contributed by atoms with E-state index in [2.05, 4.69) is 4.90 Å². The normalized spacial score (nSPS) is 20.0. The summed E-state index contributed by atoms with van der Waals surface area (Å²) in [5.41, 5.74) is 1.19. The van der Waals surface area contributed by atoms with Crippen LogP contribution in [0.1, 0.15) is 5.56 Å². The highest BCUT2D eigenvalue weighted by molar-refractivity contribution is 5.74. The van der Waals surface area contributed by atoms with Crippen molar-refractivity contribution in [2.24, 2.45) is 0 Å². The summed E-state index contributed by atoms with van der Waals surface area (Å²) in [4.78, 5) is 13.6. The molecule has 5 heteroatoms. The van der Waals surface area contributed by atoms with Gasteiger partial charge in [0, 0.05) is 19.6 Å². The first-order valence-corrected chi connectivity index (χ1v) is 6.27. The Morgan fingerprint density at radius 2 is 2.11 bits per heavy atom. The van der Waals surface area contributed by atoms with Crippen molar-refractivity contribution < 1.29 is 19.0 Å². The SMILES string of the molecule is COC(=O)C1CN(Cc2ccc(OC)cc2)CCO1. The van der Waals surface area contributed by atoms with Gasteiger partial charge < -0.3 is 14.2 Å². The van der Waals surface area contributed by atoms with Crippen molar-refractivity contribution in [3.05, 3.63) is 29.8 Å². The number of carbonyl (C=O) groups is 1. The zero-order valence-corrected chi connectivity index (χ0v) is 11.3. The van der Waals surface area contributed by atoms with Crippen molar-refractivity contribution in [2.75, 3.05) is 33.9 Å². The van der Waals surface area contributed by atoms with Crippen molar-refractivity contribution in [2.45, 2.75) is 12.6 Å². The van der Waals surface area contributed by atoms with Crippen molar-refractivity contribution in [1.29, 1.82) is 0 Å². The number of morpholine rings is 1. The number of rotatable bonds is 4. The number of carbonyl (C=O) groups excluding carboxylic acids is 1. The number of benzene rings is 1. The summed E-state index contributed by atoms with van der Waals surface area (Å²) >= 11 is 0. The molecule has 0 saturated carbocycles. The van der Waals surface area contributed by atoms with Gasteiger partial charge in [0.2, 0.25) is 0 Å². The molecule has 1 unspecified atom stereocenters. The molecule has 0 spiro atoms. The van der Waals surface area contributed by atoms with Crippen LogP contribution in [0.3, 0.4) is 0 Å². The molecular formula is C14H19NO4. The second kappa shape index (κ2) is 6.54. The lowest BCUT2D eigenvalue weighted by molar-refractivity contribution is -0.160. The third kappa shape index (κ3) is 3.68. The van der Waals surface area contributed by atoms with Gasteiger partial charge in [0.05, 0.1) is 20.8 Å². The van der Waals surface area contributed by atoms with Crippen LogP contribution in [0, 0.1) is 0 Å². The lowest BCUT2D eigenvalue weighted by Crippen LogP contribution is -2.46. The quantitative estimate of drug-likeness (QED) is 0.762. The minimum atomic E-state index is -0.475. The maximum atomic E-state index is 11.5. The fraction of sp³-hybridized carbons (Fsp3) is 0.500. The molecule has 1 saturated heterocycles. The average molecular weight is 265 g/mol. The third-order valence-electron chi connectivity index (χ3n) is 3.18. The van der Waals surface area contributed by atoms with E-state index in [0.717, 1.165) is 18.8 Å². The molecule has 0 radical (unpaired) electrons. The van der Waals surface area contributed by atoms with Crippen molar-refractivity contribution >= 4 is 5.97 Å². The molecule has 0 N–H and O–H groups in total. The van der Waals surface area contributed by atoms with Gasteiger partial charge in [0.1, 0.15) is 5.75 Å². The number of hydrogen-bond donors (Lipinski definition) is 0. The molecular weight excluding hydrogens is 246 g/mol. The van der Waals surface area contributed by atoms with Crippen LogP contribution in [0.5, 0.6) is 5.75 Å². The lowest BCUT2D eigenvalue weighted by Gasteiger charge is -2.31. The number of methoxy groups -OCH3 is 2. The Kier molecular flexibility index (Phi) is 4.76. The summed E-state index contributed by atoms with van der Waals surface area (Å²) in [6, 6.07) is 7.93. The Morgan fingerprint density at radius 3 is 2.74 bits per heavy atom. The predicted octanol–water partition coefficient (Wildman–Crippen LogP) is 1.07. The van der Waals surface area contributed by atoms with E-state index in [1.165, 1.54) is 12.7 Å². The molecule has 0 bridgehead atoms. The first-order valence-electron chi connectivity index (χ1n) is 6.27. The summed E-state index contributed by atoms with van der Waals surface area (Å²) in [6.07, 6.45) is -0.475. The zero-order chi connectivity index (χ0) is 13.7. The standard InChI is InChI=1S/C14H19NO4/c1-17-12-5-3-11(4-6-12)9-15-7-8-19-13(10-15)14(16)18-2/h3-6,13H,7-10H2,1-2H3. The van der Waals surface area contributed by atoms with E-state index < -0.39 is 6.10 Å². The summed E-state index contributed by atoms with van der Waals surface area (Å²) < 4.78 is 15.2. The molecule has 19 heavy (non-hydrogen) atoms. The molecule has 1 aliphatic rings. The van der Waals surface area contributed by atoms with Crippen LogP contribution in [0.15, 0.2) is 24.3 Å². The third-order valence-corrected chi connectivity index (χ3v) is 3.18. The second-order valence-electron chi connectivity index (χ2n) is 4.47. The minimum absolute atomic E-state index is 0.306. The number of ether oxygens (including phenoxy) is 3. The highest BCUT2D eigenvalue weighted by atomic mass is 16.6. The predicted molar refractivity (Wildman–Crippen MR) is 70.0 cm³/mol. The molecule has 1 aliphatic heterocycles. The van der Waals surface area contributed by atoms with Crippen LogP contribution in [0.25, 0.3) is 0 Å². The first-order chi connectivity index (χ1) is 9.22. The molecule has 1 fully saturated rings. The van der Waals surface area contributed by atoms with E-state index in [1.807, 2.05) is 24.3 Å². The van der Waals surface area contributed by atoms with Crippen molar-refractivity contribution in [1.82, 2.24) is 4.90 Å². The van der Waals surface area contributed by atoms with Crippen LogP contribution in [0.4, 0.5) is 0 Å². The Morgan fingerprint density at radius 1 is 1.37 bits per heavy atom. The van der Waals surface area contributed by atoms with Crippen LogP contribution >= 0.6 is 0 Å². The topological polar surface area (TPSA) is 48.0 Å². The Hall–Kier alpha value is -1.59. The summed E-state index contributed by atoms with van der Waals surface area (Å²) in [6.45, 7) is 2.73. The van der Waals surface area contributed by atoms with Crippen LogP contribution in [-0.4, -0.2) is 50.9 Å². The van der Waals surface area contributed by atoms with Crippen LogP contribution < -0.4 is 4.74 Å².